The van der Waals surface area contributed by atoms with Crippen LogP contribution < -0.4 is 13.7 Å². The van der Waals surface area contributed by atoms with Gasteiger partial charge in [-0.25, -0.2) is 13.2 Å². The number of hydrogen-bond donors (Lipinski definition) is 0. The van der Waals surface area contributed by atoms with E-state index in [-0.39, 0.29) is 28.5 Å². The molecule has 1 aliphatic heterocycles. The van der Waals surface area contributed by atoms with E-state index in [1.807, 2.05) is 0 Å². The van der Waals surface area contributed by atoms with E-state index < -0.39 is 73.3 Å². The lowest BCUT2D eigenvalue weighted by Crippen LogP contribution is -2.36. The number of rotatable bonds is 5. The van der Waals surface area contributed by atoms with E-state index >= 15 is 0 Å². The summed E-state index contributed by atoms with van der Waals surface area (Å²) in [5.74, 6) is -14.6. The van der Waals surface area contributed by atoms with Crippen molar-refractivity contribution in [2.24, 2.45) is 0 Å². The van der Waals surface area contributed by atoms with E-state index in [2.05, 4.69) is 4.18 Å². The molecule has 0 amide bonds. The molecule has 1 atom stereocenters. The van der Waals surface area contributed by atoms with Crippen LogP contribution >= 0.6 is 11.6 Å². The highest BCUT2D eigenvalue weighted by Gasteiger charge is 2.38. The molecule has 210 valence electrons. The number of alkyl halides is 3. The molecule has 5 nitrogen and oxygen atoms in total. The van der Waals surface area contributed by atoms with Crippen molar-refractivity contribution in [3.63, 3.8) is 0 Å². The standard InChI is InChI=1S/C24H15ClF8O5S/c1-23(2)9-16(36-14-6-3-10(7-13(14)25)24(31,32)33)12-5-4-11(8-15(12)37-23)39(34,35)38-22-20(29)18(27)17(26)19(28)21(22)30/h3-8,16H,9H2,1-2H3. The highest BCUT2D eigenvalue weighted by Crippen LogP contribution is 2.45. The van der Waals surface area contributed by atoms with Crippen molar-refractivity contribution >= 4 is 21.7 Å². The summed E-state index contributed by atoms with van der Waals surface area (Å²) >= 11 is 5.98. The van der Waals surface area contributed by atoms with Crippen LogP contribution in [0, 0.1) is 29.1 Å². The first-order chi connectivity index (χ1) is 17.9. The number of hydrogen-bond acceptors (Lipinski definition) is 5. The Kier molecular flexibility index (Phi) is 7.17. The van der Waals surface area contributed by atoms with Gasteiger partial charge in [-0.3, -0.25) is 0 Å². The Bertz CT molecular complexity index is 1540. The van der Waals surface area contributed by atoms with E-state index in [1.165, 1.54) is 6.07 Å². The van der Waals surface area contributed by atoms with Gasteiger partial charge in [0.1, 0.15) is 28.1 Å². The summed E-state index contributed by atoms with van der Waals surface area (Å²) in [7, 11) is -5.16. The quantitative estimate of drug-likeness (QED) is 0.131. The van der Waals surface area contributed by atoms with Gasteiger partial charge in [0.05, 0.1) is 10.6 Å². The van der Waals surface area contributed by atoms with Gasteiger partial charge in [0.2, 0.25) is 34.8 Å². The fourth-order valence-electron chi connectivity index (χ4n) is 3.77. The zero-order valence-corrected chi connectivity index (χ0v) is 21.2. The zero-order valence-electron chi connectivity index (χ0n) is 19.6. The second-order valence-corrected chi connectivity index (χ2v) is 10.9. The van der Waals surface area contributed by atoms with Gasteiger partial charge < -0.3 is 13.7 Å². The minimum absolute atomic E-state index is 0.107. The molecule has 3 aromatic rings. The van der Waals surface area contributed by atoms with Crippen LogP contribution in [0.5, 0.6) is 17.2 Å². The Morgan fingerprint density at radius 3 is 2.08 bits per heavy atom. The third-order valence-electron chi connectivity index (χ3n) is 5.57. The first kappa shape index (κ1) is 28.7. The lowest BCUT2D eigenvalue weighted by atomic mass is 9.91. The fraction of sp³-hybridized carbons (Fsp3) is 0.250. The molecular formula is C24H15ClF8O5S. The summed E-state index contributed by atoms with van der Waals surface area (Å²) in [6.07, 6.45) is -5.42. The van der Waals surface area contributed by atoms with Crippen LogP contribution in [0.15, 0.2) is 41.3 Å². The summed E-state index contributed by atoms with van der Waals surface area (Å²) < 4.78 is 148. The number of ether oxygens (including phenoxy) is 2. The van der Waals surface area contributed by atoms with Crippen LogP contribution in [0.3, 0.4) is 0 Å². The normalized spacial score (nSPS) is 16.8. The van der Waals surface area contributed by atoms with Gasteiger partial charge in [0, 0.05) is 18.1 Å². The SMILES string of the molecule is CC1(C)CC(Oc2ccc(C(F)(F)F)cc2Cl)c2ccc(S(=O)(=O)Oc3c(F)c(F)c(F)c(F)c3F)cc2O1. The summed E-state index contributed by atoms with van der Waals surface area (Å²) in [5.41, 5.74) is -1.81. The molecule has 0 spiro atoms. The highest BCUT2D eigenvalue weighted by molar-refractivity contribution is 7.87. The molecule has 1 aliphatic rings. The first-order valence-electron chi connectivity index (χ1n) is 10.7. The molecule has 1 heterocycles. The molecule has 3 aromatic carbocycles. The number of fused-ring (bicyclic) bond motifs is 1. The maximum absolute atomic E-state index is 14.0. The van der Waals surface area contributed by atoms with Crippen LogP contribution in [-0.2, 0) is 16.3 Å². The van der Waals surface area contributed by atoms with Gasteiger partial charge in [-0.1, -0.05) is 17.7 Å². The molecular weight excluding hydrogens is 588 g/mol. The monoisotopic (exact) mass is 602 g/mol. The smallest absolute Gasteiger partial charge is 0.416 e. The average molecular weight is 603 g/mol. The van der Waals surface area contributed by atoms with Crippen molar-refractivity contribution < 1.29 is 57.2 Å². The maximum atomic E-state index is 14.0. The largest absolute Gasteiger partial charge is 0.487 e. The zero-order chi connectivity index (χ0) is 29.1. The van der Waals surface area contributed by atoms with Crippen LogP contribution in [0.2, 0.25) is 5.02 Å². The number of benzene rings is 3. The fourth-order valence-corrected chi connectivity index (χ4v) is 4.94. The van der Waals surface area contributed by atoms with Gasteiger partial charge in [-0.15, -0.1) is 0 Å². The number of halogens is 9. The molecule has 0 aliphatic carbocycles. The second kappa shape index (κ2) is 9.73. The Morgan fingerprint density at radius 2 is 1.51 bits per heavy atom. The van der Waals surface area contributed by atoms with Gasteiger partial charge in [-0.2, -0.15) is 30.4 Å². The van der Waals surface area contributed by atoms with Crippen molar-refractivity contribution in [1.29, 1.82) is 0 Å². The van der Waals surface area contributed by atoms with Crippen molar-refractivity contribution in [2.45, 2.75) is 43.0 Å². The van der Waals surface area contributed by atoms with Crippen molar-refractivity contribution in [2.75, 3.05) is 0 Å². The summed E-state index contributed by atoms with van der Waals surface area (Å²) in [5, 5.41) is -0.342. The van der Waals surface area contributed by atoms with E-state index in [4.69, 9.17) is 21.1 Å². The molecule has 1 unspecified atom stereocenters. The Labute approximate surface area is 221 Å². The van der Waals surface area contributed by atoms with Crippen LogP contribution in [0.4, 0.5) is 35.1 Å². The molecule has 0 N–H and O–H groups in total. The molecule has 0 bridgehead atoms. The van der Waals surface area contributed by atoms with Gasteiger partial charge in [0.25, 0.3) is 0 Å². The van der Waals surface area contributed by atoms with Crippen LogP contribution in [-0.4, -0.2) is 14.0 Å². The molecule has 4 rings (SSSR count). The summed E-state index contributed by atoms with van der Waals surface area (Å²) in [4.78, 5) is -0.769. The Balaban J connectivity index is 1.69. The van der Waals surface area contributed by atoms with Crippen molar-refractivity contribution in [3.8, 4) is 17.2 Å². The third kappa shape index (κ3) is 5.57. The lowest BCUT2D eigenvalue weighted by Gasteiger charge is -2.37. The van der Waals surface area contributed by atoms with Gasteiger partial charge >= 0.3 is 16.3 Å². The predicted molar refractivity (Wildman–Crippen MR) is 120 cm³/mol. The van der Waals surface area contributed by atoms with E-state index in [0.29, 0.717) is 6.07 Å². The van der Waals surface area contributed by atoms with E-state index in [9.17, 15) is 43.5 Å². The summed E-state index contributed by atoms with van der Waals surface area (Å²) in [6.45, 7) is 3.18. The first-order valence-corrected chi connectivity index (χ1v) is 12.5. The average Bonchev–Trinajstić information content (AvgIpc) is 2.83. The molecule has 0 saturated carbocycles. The molecule has 0 aromatic heterocycles. The Hall–Kier alpha value is -3.26. The molecule has 0 fully saturated rings. The topological polar surface area (TPSA) is 61.8 Å². The van der Waals surface area contributed by atoms with E-state index in [1.54, 1.807) is 13.8 Å². The van der Waals surface area contributed by atoms with Gasteiger partial charge in [0.15, 0.2) is 0 Å². The van der Waals surface area contributed by atoms with Crippen LogP contribution in [0.1, 0.15) is 37.5 Å². The Morgan fingerprint density at radius 1 is 0.923 bits per heavy atom. The van der Waals surface area contributed by atoms with Crippen LogP contribution in [0.25, 0.3) is 0 Å². The van der Waals surface area contributed by atoms with Crippen molar-refractivity contribution in [3.05, 3.63) is 81.6 Å². The molecule has 15 heteroatoms. The summed E-state index contributed by atoms with van der Waals surface area (Å²) in [6, 6.07) is 5.40. The molecule has 0 saturated heterocycles. The highest BCUT2D eigenvalue weighted by atomic mass is 35.5. The third-order valence-corrected chi connectivity index (χ3v) is 7.09. The lowest BCUT2D eigenvalue weighted by molar-refractivity contribution is -0.137. The van der Waals surface area contributed by atoms with E-state index in [0.717, 1.165) is 24.3 Å². The minimum atomic E-state index is -5.16. The molecule has 0 radical (unpaired) electrons. The minimum Gasteiger partial charge on any atom is -0.487 e. The second-order valence-electron chi connectivity index (χ2n) is 8.95. The predicted octanol–water partition coefficient (Wildman–Crippen LogP) is 7.50. The van der Waals surface area contributed by atoms with Crippen molar-refractivity contribution in [1.82, 2.24) is 0 Å². The van der Waals surface area contributed by atoms with Gasteiger partial charge in [-0.05, 0) is 38.1 Å². The molecule has 39 heavy (non-hydrogen) atoms. The maximum Gasteiger partial charge on any atom is 0.416 e.